The highest BCUT2D eigenvalue weighted by Gasteiger charge is 2.42. The van der Waals surface area contributed by atoms with Crippen LogP contribution in [-0.4, -0.2) is 65.1 Å². The number of hydrogen-bond donors (Lipinski definition) is 3. The Kier molecular flexibility index (Phi) is 16.8. The van der Waals surface area contributed by atoms with Crippen LogP contribution in [0.25, 0.3) is 29.2 Å². The lowest BCUT2D eigenvalue weighted by atomic mass is 9.75. The van der Waals surface area contributed by atoms with Crippen LogP contribution in [0.3, 0.4) is 0 Å². The van der Waals surface area contributed by atoms with Crippen LogP contribution >= 0.6 is 35.3 Å². The number of carbonyl (C=O) groups excluding carboxylic acids is 1. The summed E-state index contributed by atoms with van der Waals surface area (Å²) in [6.45, 7) is 23.1. The van der Waals surface area contributed by atoms with Gasteiger partial charge in [-0.15, -0.1) is 11.3 Å². The van der Waals surface area contributed by atoms with Crippen molar-refractivity contribution in [3.8, 4) is 0 Å². The molecule has 3 heterocycles. The molecule has 0 spiro atoms. The summed E-state index contributed by atoms with van der Waals surface area (Å²) in [4.78, 5) is 55.2. The molecule has 0 bridgehead atoms. The summed E-state index contributed by atoms with van der Waals surface area (Å²) < 4.78 is 1.92. The van der Waals surface area contributed by atoms with Gasteiger partial charge in [-0.3, -0.25) is 28.6 Å². The average molecular weight is 956 g/mol. The van der Waals surface area contributed by atoms with Gasteiger partial charge < -0.3 is 20.2 Å². The first-order valence-electron chi connectivity index (χ1n) is 23.0. The van der Waals surface area contributed by atoms with E-state index in [0.29, 0.717) is 28.3 Å². The molecule has 10 nitrogen and oxygen atoms in total. The number of aliphatic hydroxyl groups is 1. The van der Waals surface area contributed by atoms with E-state index in [1.165, 1.54) is 41.1 Å². The van der Waals surface area contributed by atoms with Crippen molar-refractivity contribution in [3.63, 3.8) is 0 Å². The van der Waals surface area contributed by atoms with Gasteiger partial charge in [-0.2, -0.15) is 0 Å². The molecule has 13 heteroatoms. The quantitative estimate of drug-likeness (QED) is 0.119. The third-order valence-electron chi connectivity index (χ3n) is 12.9. The van der Waals surface area contributed by atoms with E-state index in [2.05, 4.69) is 74.7 Å². The second-order valence-corrected chi connectivity index (χ2v) is 23.4. The molecule has 356 valence electrons. The standard InChI is InChI=1S/C43H47N3O6S3.C10H22O/c1-7-12-28-22-29(19-18-27(28)8-2)46-32-15-10-9-14-30(32)31-21-26(17-20-33(31)46)13-11-16-34-37(49)44(23-35(47)48)39(54-34)36-38(50)45(41(53)55-36)25-42(3,4)24-43(5,6)40(51)52;1-6-9(2,3)7-8-10(4,5)11/h7-8,11-13,16-22,30,32H,2,9-10,14-15,23-25H2,1,3-6H3,(H,47,48)(H,51,52);11H,6-8H2,1-5H3/b12-7-,13-11?,34-16?,39-36+;. The highest BCUT2D eigenvalue weighted by Crippen LogP contribution is 2.51. The Morgan fingerprint density at radius 3 is 2.24 bits per heavy atom. The predicted octanol–water partition coefficient (Wildman–Crippen LogP) is 10.8. The van der Waals surface area contributed by atoms with Crippen molar-refractivity contribution in [2.75, 3.05) is 11.4 Å². The molecular weight excluding hydrogens is 887 g/mol. The number of benzene rings is 2. The zero-order valence-electron chi connectivity index (χ0n) is 40.4. The van der Waals surface area contributed by atoms with Crippen molar-refractivity contribution in [3.05, 3.63) is 96.9 Å². The number of allylic oxidation sites excluding steroid dienone is 2. The zero-order chi connectivity index (χ0) is 48.9. The molecule has 2 atom stereocenters. The number of carboxylic acids is 2. The van der Waals surface area contributed by atoms with Gasteiger partial charge in [0.15, 0.2) is 0 Å². The minimum absolute atomic E-state index is 0.174. The van der Waals surface area contributed by atoms with Crippen LogP contribution in [0, 0.1) is 16.2 Å². The number of rotatable bonds is 16. The molecule has 1 saturated carbocycles. The van der Waals surface area contributed by atoms with Crippen LogP contribution in [0.1, 0.15) is 149 Å². The fourth-order valence-electron chi connectivity index (χ4n) is 9.18. The van der Waals surface area contributed by atoms with Gasteiger partial charge in [-0.1, -0.05) is 127 Å². The van der Waals surface area contributed by atoms with Crippen LogP contribution in [0.4, 0.5) is 11.4 Å². The van der Waals surface area contributed by atoms with E-state index in [1.807, 2.05) is 52.8 Å². The molecule has 2 fully saturated rings. The average Bonchev–Trinajstić information content (AvgIpc) is 3.83. The van der Waals surface area contributed by atoms with E-state index in [9.17, 15) is 34.5 Å². The van der Waals surface area contributed by atoms with Gasteiger partial charge in [0.1, 0.15) is 20.4 Å². The smallest absolute Gasteiger partial charge is 0.323 e. The zero-order valence-corrected chi connectivity index (χ0v) is 42.9. The third kappa shape index (κ3) is 12.7. The SMILES string of the molecule is C=Cc1ccc(N2c3ccc(C=CC=c4s/c(=C5/SC(=S)N(CC(C)(C)CC(C)(C)C(=O)O)C5=O)n(CC(=O)O)c4=O)cc3C3CCCCC32)cc1/C=C\C.CCC(C)(C)CCC(C)(C)O. The Morgan fingerprint density at radius 2 is 1.62 bits per heavy atom. The highest BCUT2D eigenvalue weighted by molar-refractivity contribution is 8.30. The van der Waals surface area contributed by atoms with Gasteiger partial charge in [0.2, 0.25) is 0 Å². The maximum Gasteiger partial charge on any atom is 0.323 e. The topological polar surface area (TPSA) is 140 Å². The second-order valence-electron chi connectivity index (χ2n) is 20.7. The molecule has 3 N–H and O–H groups in total. The van der Waals surface area contributed by atoms with E-state index in [0.717, 1.165) is 70.0 Å². The number of fused-ring (bicyclic) bond motifs is 3. The maximum atomic E-state index is 13.8. The Bertz CT molecular complexity index is 2590. The van der Waals surface area contributed by atoms with E-state index < -0.39 is 46.4 Å². The van der Waals surface area contributed by atoms with Gasteiger partial charge in [-0.25, -0.2) is 0 Å². The van der Waals surface area contributed by atoms with Gasteiger partial charge in [0.05, 0.1) is 15.5 Å². The number of thiazole rings is 1. The molecule has 3 aromatic rings. The monoisotopic (exact) mass is 955 g/mol. The summed E-state index contributed by atoms with van der Waals surface area (Å²) in [5.74, 6) is -2.16. The number of thioether (sulfide) groups is 1. The van der Waals surface area contributed by atoms with Crippen molar-refractivity contribution in [1.29, 1.82) is 0 Å². The van der Waals surface area contributed by atoms with Gasteiger partial charge in [0.25, 0.3) is 11.5 Å². The highest BCUT2D eigenvalue weighted by atomic mass is 32.2. The number of nitrogens with zero attached hydrogens (tertiary/aromatic N) is 3. The summed E-state index contributed by atoms with van der Waals surface area (Å²) in [6, 6.07) is 13.5. The van der Waals surface area contributed by atoms with Crippen LogP contribution in [0.5, 0.6) is 0 Å². The fourth-order valence-corrected chi connectivity index (χ4v) is 11.6. The summed E-state index contributed by atoms with van der Waals surface area (Å²) >= 11 is 7.68. The van der Waals surface area contributed by atoms with Crippen LogP contribution < -0.4 is 19.7 Å². The number of anilines is 2. The van der Waals surface area contributed by atoms with E-state index >= 15 is 0 Å². The van der Waals surface area contributed by atoms with E-state index in [1.54, 1.807) is 26.0 Å². The van der Waals surface area contributed by atoms with Crippen LogP contribution in [0.15, 0.2) is 59.9 Å². The van der Waals surface area contributed by atoms with Gasteiger partial charge in [-0.05, 0) is 130 Å². The molecule has 0 radical (unpaired) electrons. The normalized spacial score (nSPS) is 19.1. The van der Waals surface area contributed by atoms with Crippen LogP contribution in [-0.2, 0) is 20.9 Å². The second kappa shape index (κ2) is 21.2. The first-order chi connectivity index (χ1) is 30.8. The van der Waals surface area contributed by atoms with Crippen molar-refractivity contribution < 1.29 is 29.7 Å². The number of aliphatic carboxylic acids is 2. The summed E-state index contributed by atoms with van der Waals surface area (Å²) in [5.41, 5.74) is 4.70. The number of carbonyl (C=O) groups is 3. The van der Waals surface area contributed by atoms with Crippen molar-refractivity contribution in [2.24, 2.45) is 16.2 Å². The molecule has 6 rings (SSSR count). The molecule has 1 aliphatic carbocycles. The van der Waals surface area contributed by atoms with Gasteiger partial charge in [0, 0.05) is 29.9 Å². The Labute approximate surface area is 404 Å². The fraction of sp³-hybridized carbons (Fsp3) is 0.491. The third-order valence-corrected chi connectivity index (χ3v) is 15.6. The lowest BCUT2D eigenvalue weighted by Gasteiger charge is -2.34. The maximum absolute atomic E-state index is 13.8. The molecule has 2 aliphatic heterocycles. The molecule has 66 heavy (non-hydrogen) atoms. The molecule has 2 aromatic carbocycles. The first kappa shape index (κ1) is 52.4. The van der Waals surface area contributed by atoms with Crippen molar-refractivity contribution >= 4 is 98.1 Å². The molecule has 1 saturated heterocycles. The summed E-state index contributed by atoms with van der Waals surface area (Å²) in [6.07, 6.45) is 19.6. The Hall–Kier alpha value is -4.56. The summed E-state index contributed by atoms with van der Waals surface area (Å²) in [5, 5.41) is 28.9. The molecule has 1 aromatic heterocycles. The lowest BCUT2D eigenvalue weighted by Crippen LogP contribution is -2.41. The minimum atomic E-state index is -1.21. The number of aromatic nitrogens is 1. The molecule has 2 unspecified atom stereocenters. The molecule has 1 amide bonds. The number of thiocarbonyl (C=S) groups is 1. The number of carboxylic acid groups (broad SMARTS) is 2. The van der Waals surface area contributed by atoms with E-state index in [4.69, 9.17) is 12.2 Å². The first-order valence-corrected chi connectivity index (χ1v) is 25.0. The molecular formula is C53H69N3O7S3. The number of hydrogen-bond acceptors (Lipinski definition) is 9. The molecule has 3 aliphatic rings. The largest absolute Gasteiger partial charge is 0.481 e. The lowest BCUT2D eigenvalue weighted by molar-refractivity contribution is -0.148. The van der Waals surface area contributed by atoms with Crippen LogP contribution in [0.2, 0.25) is 0 Å². The van der Waals surface area contributed by atoms with Gasteiger partial charge >= 0.3 is 11.9 Å². The Balaban J connectivity index is 0.000000658. The van der Waals surface area contributed by atoms with E-state index in [-0.39, 0.29) is 20.4 Å². The number of amides is 1. The minimum Gasteiger partial charge on any atom is -0.481 e. The Morgan fingerprint density at radius 1 is 0.924 bits per heavy atom. The summed E-state index contributed by atoms with van der Waals surface area (Å²) in [7, 11) is 0. The predicted molar refractivity (Wildman–Crippen MR) is 279 cm³/mol. The van der Waals surface area contributed by atoms with Crippen molar-refractivity contribution in [1.82, 2.24) is 9.47 Å². The van der Waals surface area contributed by atoms with Crippen molar-refractivity contribution in [2.45, 2.75) is 145 Å².